The zero-order chi connectivity index (χ0) is 23.3. The highest BCUT2D eigenvalue weighted by Gasteiger charge is 2.39. The van der Waals surface area contributed by atoms with Crippen LogP contribution >= 0.6 is 0 Å². The lowest BCUT2D eigenvalue weighted by Gasteiger charge is -2.14. The maximum atomic E-state index is 14.5. The van der Waals surface area contributed by atoms with Crippen LogP contribution in [-0.4, -0.2) is 27.7 Å². The zero-order valence-electron chi connectivity index (χ0n) is 18.4. The number of aromatic nitrogens is 2. The second kappa shape index (κ2) is 8.14. The van der Waals surface area contributed by atoms with Crippen molar-refractivity contribution in [2.75, 3.05) is 7.11 Å². The molecule has 2 heterocycles. The molecular formula is C26H24F2N2O3. The van der Waals surface area contributed by atoms with Crippen LogP contribution in [0.5, 0.6) is 5.88 Å². The minimum atomic E-state index is -1.15. The van der Waals surface area contributed by atoms with Gasteiger partial charge in [-0.1, -0.05) is 19.1 Å². The third-order valence-electron chi connectivity index (χ3n) is 6.80. The molecule has 33 heavy (non-hydrogen) atoms. The van der Waals surface area contributed by atoms with Gasteiger partial charge in [0.2, 0.25) is 5.88 Å². The van der Waals surface area contributed by atoms with Gasteiger partial charge in [0.15, 0.2) is 0 Å². The number of fused-ring (bicyclic) bond motifs is 1. The molecule has 3 aromatic rings. The van der Waals surface area contributed by atoms with E-state index >= 15 is 0 Å². The lowest BCUT2D eigenvalue weighted by atomic mass is 9.92. The molecule has 1 saturated carbocycles. The van der Waals surface area contributed by atoms with Crippen LogP contribution in [-0.2, 0) is 6.54 Å². The first-order chi connectivity index (χ1) is 15.9. The van der Waals surface area contributed by atoms with Crippen LogP contribution in [0.2, 0.25) is 0 Å². The highest BCUT2D eigenvalue weighted by atomic mass is 19.1. The number of benzene rings is 1. The summed E-state index contributed by atoms with van der Waals surface area (Å²) in [5.41, 5.74) is 1.15. The molecule has 0 spiro atoms. The number of rotatable bonds is 6. The fourth-order valence-electron chi connectivity index (χ4n) is 5.06. The Balaban J connectivity index is 1.80. The Morgan fingerprint density at radius 2 is 2.09 bits per heavy atom. The standard InChI is InChI=1S/C26H24F2N2O3/c1-14-10-19(14)15-5-8-22-20(12-15)23(18-4-3-9-29-25(18)33-2)24(26(31)32)30(22)13-16-11-17(27)6-7-21(16)28/h3-4,6-9,11-12,14-15,19H,5,10,13H2,1-2H3,(H,31,32)/t14-,15?,19+/m1/s1. The summed E-state index contributed by atoms with van der Waals surface area (Å²) >= 11 is 0. The van der Waals surface area contributed by atoms with Gasteiger partial charge in [-0.25, -0.2) is 18.6 Å². The van der Waals surface area contributed by atoms with E-state index in [9.17, 15) is 18.7 Å². The molecule has 0 radical (unpaired) electrons. The van der Waals surface area contributed by atoms with Gasteiger partial charge < -0.3 is 14.4 Å². The van der Waals surface area contributed by atoms with Gasteiger partial charge in [-0.15, -0.1) is 0 Å². The molecule has 1 N–H and O–H groups in total. The summed E-state index contributed by atoms with van der Waals surface area (Å²) < 4.78 is 35.4. The van der Waals surface area contributed by atoms with Crippen LogP contribution in [0.1, 0.15) is 35.8 Å². The number of pyridine rings is 1. The smallest absolute Gasteiger partial charge is 0.353 e. The van der Waals surface area contributed by atoms with Gasteiger partial charge in [0.1, 0.15) is 17.3 Å². The maximum Gasteiger partial charge on any atom is 0.353 e. The minimum Gasteiger partial charge on any atom is -0.481 e. The zero-order valence-corrected chi connectivity index (χ0v) is 18.4. The molecule has 1 aromatic carbocycles. The van der Waals surface area contributed by atoms with Crippen molar-refractivity contribution in [1.29, 1.82) is 0 Å². The van der Waals surface area contributed by atoms with E-state index in [2.05, 4.69) is 18.0 Å². The van der Waals surface area contributed by atoms with Crippen molar-refractivity contribution in [2.45, 2.75) is 26.3 Å². The van der Waals surface area contributed by atoms with E-state index in [0.29, 0.717) is 40.1 Å². The monoisotopic (exact) mass is 450 g/mol. The fourth-order valence-corrected chi connectivity index (χ4v) is 5.06. The van der Waals surface area contributed by atoms with Crippen molar-refractivity contribution in [3.05, 3.63) is 70.0 Å². The second-order valence-corrected chi connectivity index (χ2v) is 8.86. The number of methoxy groups -OCH3 is 1. The predicted molar refractivity (Wildman–Crippen MR) is 120 cm³/mol. The highest BCUT2D eigenvalue weighted by molar-refractivity contribution is 5.96. The Labute approximate surface area is 189 Å². The summed E-state index contributed by atoms with van der Waals surface area (Å²) in [5, 5.41) is 11.8. The van der Waals surface area contributed by atoms with E-state index in [1.165, 1.54) is 7.11 Å². The predicted octanol–water partition coefficient (Wildman–Crippen LogP) is 3.82. The molecule has 0 amide bonds. The number of nitrogens with zero attached hydrogens (tertiary/aromatic N) is 2. The first-order valence-corrected chi connectivity index (χ1v) is 11.0. The molecule has 5 rings (SSSR count). The van der Waals surface area contributed by atoms with Crippen molar-refractivity contribution in [3.8, 4) is 17.0 Å². The van der Waals surface area contributed by atoms with E-state index in [-0.39, 0.29) is 17.8 Å². The number of aromatic carboxylic acids is 1. The third-order valence-corrected chi connectivity index (χ3v) is 6.80. The number of hydrogen-bond acceptors (Lipinski definition) is 3. The molecule has 3 atom stereocenters. The van der Waals surface area contributed by atoms with Gasteiger partial charge in [0, 0.05) is 33.5 Å². The number of ether oxygens (including phenoxy) is 1. The molecule has 0 aliphatic heterocycles. The molecule has 2 aliphatic carbocycles. The van der Waals surface area contributed by atoms with Gasteiger partial charge in [-0.2, -0.15) is 0 Å². The van der Waals surface area contributed by atoms with Crippen molar-refractivity contribution < 1.29 is 23.4 Å². The molecule has 1 fully saturated rings. The lowest BCUT2D eigenvalue weighted by molar-refractivity contribution is 0.0686. The van der Waals surface area contributed by atoms with E-state index in [4.69, 9.17) is 4.74 Å². The number of halogens is 2. The van der Waals surface area contributed by atoms with Crippen LogP contribution < -0.4 is 15.3 Å². The highest BCUT2D eigenvalue weighted by Crippen LogP contribution is 2.46. The minimum absolute atomic E-state index is 0.00644. The number of hydrogen-bond donors (Lipinski definition) is 1. The van der Waals surface area contributed by atoms with Crippen molar-refractivity contribution in [1.82, 2.24) is 9.55 Å². The van der Waals surface area contributed by atoms with Crippen molar-refractivity contribution in [2.24, 2.45) is 17.8 Å². The Morgan fingerprint density at radius 1 is 1.30 bits per heavy atom. The number of carboxylic acids is 1. The van der Waals surface area contributed by atoms with Crippen LogP contribution in [0, 0.1) is 29.4 Å². The molecular weight excluding hydrogens is 426 g/mol. The molecule has 5 nitrogen and oxygen atoms in total. The van der Waals surface area contributed by atoms with Crippen molar-refractivity contribution >= 4 is 18.1 Å². The number of carbonyl (C=O) groups is 1. The Hall–Kier alpha value is -3.48. The SMILES string of the molecule is COc1ncccc1-c1c(C(=O)O)n(Cc2cc(F)ccc2F)c2c1=CC([C@H]1C[C@H]1C)CC=2. The molecule has 0 bridgehead atoms. The van der Waals surface area contributed by atoms with Gasteiger partial charge in [0.25, 0.3) is 0 Å². The lowest BCUT2D eigenvalue weighted by Crippen LogP contribution is -2.34. The Kier molecular flexibility index (Phi) is 5.27. The first-order valence-electron chi connectivity index (χ1n) is 11.0. The summed E-state index contributed by atoms with van der Waals surface area (Å²) in [6.45, 7) is 2.12. The number of carboxylic acid groups (broad SMARTS) is 1. The van der Waals surface area contributed by atoms with Crippen LogP contribution in [0.25, 0.3) is 23.3 Å². The third kappa shape index (κ3) is 3.71. The molecule has 2 aromatic heterocycles. The second-order valence-electron chi connectivity index (χ2n) is 8.86. The summed E-state index contributed by atoms with van der Waals surface area (Å²) in [4.78, 5) is 16.8. The molecule has 170 valence electrons. The quantitative estimate of drug-likeness (QED) is 0.620. The van der Waals surface area contributed by atoms with E-state index < -0.39 is 17.6 Å². The normalized spacial score (nSPS) is 21.0. The van der Waals surface area contributed by atoms with Crippen LogP contribution in [0.3, 0.4) is 0 Å². The molecule has 7 heteroatoms. The van der Waals surface area contributed by atoms with E-state index in [0.717, 1.165) is 36.3 Å². The van der Waals surface area contributed by atoms with Crippen molar-refractivity contribution in [3.63, 3.8) is 0 Å². The molecule has 2 aliphatic rings. The Bertz CT molecular complexity index is 1380. The van der Waals surface area contributed by atoms with E-state index in [1.807, 2.05) is 6.08 Å². The van der Waals surface area contributed by atoms with Gasteiger partial charge in [-0.05, 0) is 60.9 Å². The topological polar surface area (TPSA) is 64.3 Å². The first kappa shape index (κ1) is 21.4. The maximum absolute atomic E-state index is 14.5. The molecule has 1 unspecified atom stereocenters. The fraction of sp³-hybridized carbons (Fsp3) is 0.308. The summed E-state index contributed by atoms with van der Waals surface area (Å²) in [6, 6.07) is 6.73. The Morgan fingerprint density at radius 3 is 2.79 bits per heavy atom. The van der Waals surface area contributed by atoms with Gasteiger partial charge >= 0.3 is 5.97 Å². The summed E-state index contributed by atoms with van der Waals surface area (Å²) in [6.07, 6.45) is 7.69. The average molecular weight is 450 g/mol. The largest absolute Gasteiger partial charge is 0.481 e. The van der Waals surface area contributed by atoms with Crippen LogP contribution in [0.4, 0.5) is 8.78 Å². The average Bonchev–Trinajstić information content (AvgIpc) is 3.45. The van der Waals surface area contributed by atoms with Gasteiger partial charge in [-0.3, -0.25) is 0 Å². The van der Waals surface area contributed by atoms with Crippen LogP contribution in [0.15, 0.2) is 36.5 Å². The summed E-state index contributed by atoms with van der Waals surface area (Å²) in [7, 11) is 1.49. The van der Waals surface area contributed by atoms with Gasteiger partial charge in [0.05, 0.1) is 13.7 Å². The van der Waals surface area contributed by atoms with E-state index in [1.54, 1.807) is 22.9 Å². The molecule has 0 saturated heterocycles. The summed E-state index contributed by atoms with van der Waals surface area (Å²) in [5.74, 6) is -0.489.